The van der Waals surface area contributed by atoms with E-state index in [4.69, 9.17) is 28.4 Å². The third-order valence-corrected chi connectivity index (χ3v) is 7.28. The van der Waals surface area contributed by atoms with E-state index in [0.717, 1.165) is 0 Å². The molecule has 0 amide bonds. The van der Waals surface area contributed by atoms with Gasteiger partial charge in [-0.25, -0.2) is 0 Å². The van der Waals surface area contributed by atoms with Gasteiger partial charge in [-0.05, 0) is 54.8 Å². The Labute approximate surface area is 197 Å². The normalized spacial score (nSPS) is 27.0. The van der Waals surface area contributed by atoms with Crippen molar-refractivity contribution in [1.29, 1.82) is 0 Å². The zero-order chi connectivity index (χ0) is 24.4. The van der Waals surface area contributed by atoms with Crippen LogP contribution in [0.4, 0.5) is 0 Å². The minimum Gasteiger partial charge on any atom is -0.493 e. The van der Waals surface area contributed by atoms with Crippen molar-refractivity contribution in [2.45, 2.75) is 31.0 Å². The zero-order valence-corrected chi connectivity index (χ0v) is 19.7. The number of fused-ring (bicyclic) bond motifs is 3. The van der Waals surface area contributed by atoms with E-state index in [1.165, 1.54) is 35.2 Å². The molecule has 9 heteroatoms. The summed E-state index contributed by atoms with van der Waals surface area (Å²) in [6, 6.07) is 7.04. The number of esters is 1. The fourth-order valence-electron chi connectivity index (χ4n) is 5.67. The zero-order valence-electron chi connectivity index (χ0n) is 19.7. The Morgan fingerprint density at radius 2 is 1.59 bits per heavy atom. The highest BCUT2D eigenvalue weighted by atomic mass is 16.7. The second kappa shape index (κ2) is 7.68. The van der Waals surface area contributed by atoms with Crippen molar-refractivity contribution in [2.75, 3.05) is 34.7 Å². The molecule has 2 heterocycles. The van der Waals surface area contributed by atoms with Gasteiger partial charge in [-0.1, -0.05) is 0 Å². The number of carbonyl (C=O) groups excluding carboxylic acids is 1. The average molecular weight is 472 g/mol. The molecule has 34 heavy (non-hydrogen) atoms. The van der Waals surface area contributed by atoms with Gasteiger partial charge in [0.25, 0.3) is 0 Å². The molecule has 0 saturated carbocycles. The summed E-state index contributed by atoms with van der Waals surface area (Å²) in [6.45, 7) is 3.07. The predicted molar refractivity (Wildman–Crippen MR) is 119 cm³/mol. The van der Waals surface area contributed by atoms with E-state index in [2.05, 4.69) is 0 Å². The van der Waals surface area contributed by atoms with Gasteiger partial charge in [-0.3, -0.25) is 4.79 Å². The first kappa shape index (κ1) is 22.6. The predicted octanol–water partition coefficient (Wildman–Crippen LogP) is 2.33. The van der Waals surface area contributed by atoms with Crippen molar-refractivity contribution in [2.24, 2.45) is 11.8 Å². The molecule has 1 saturated heterocycles. The van der Waals surface area contributed by atoms with Crippen molar-refractivity contribution in [3.8, 4) is 28.7 Å². The molecule has 3 aliphatic rings. The van der Waals surface area contributed by atoms with Crippen molar-refractivity contribution >= 4 is 5.97 Å². The lowest BCUT2D eigenvalue weighted by atomic mass is 9.56. The number of carbonyl (C=O) groups is 1. The molecule has 0 spiro atoms. The molecule has 182 valence electrons. The van der Waals surface area contributed by atoms with Gasteiger partial charge in [0.2, 0.25) is 12.5 Å². The molecule has 1 fully saturated rings. The van der Waals surface area contributed by atoms with E-state index in [1.807, 2.05) is 0 Å². The summed E-state index contributed by atoms with van der Waals surface area (Å²) in [6.07, 6.45) is 0. The lowest BCUT2D eigenvalue weighted by molar-refractivity contribution is -0.184. The lowest BCUT2D eigenvalue weighted by Gasteiger charge is -2.50. The second-order valence-electron chi connectivity index (χ2n) is 9.32. The molecule has 5 rings (SSSR count). The minimum absolute atomic E-state index is 0.0290. The Bertz CT molecular complexity index is 1130. The molecule has 1 aliphatic carbocycles. The van der Waals surface area contributed by atoms with Crippen LogP contribution in [-0.2, 0) is 15.1 Å². The maximum atomic E-state index is 13.1. The van der Waals surface area contributed by atoms with Gasteiger partial charge in [0, 0.05) is 11.8 Å². The molecule has 4 atom stereocenters. The second-order valence-corrected chi connectivity index (χ2v) is 9.32. The largest absolute Gasteiger partial charge is 0.493 e. The van der Waals surface area contributed by atoms with Crippen molar-refractivity contribution < 1.29 is 43.4 Å². The molecule has 2 N–H and O–H groups in total. The van der Waals surface area contributed by atoms with Gasteiger partial charge in [0.15, 0.2) is 23.0 Å². The summed E-state index contributed by atoms with van der Waals surface area (Å²) in [7, 11) is 4.56. The number of benzene rings is 2. The molecule has 0 bridgehead atoms. The molecule has 0 unspecified atom stereocenters. The van der Waals surface area contributed by atoms with E-state index in [-0.39, 0.29) is 13.4 Å². The van der Waals surface area contributed by atoms with Crippen LogP contribution in [0.15, 0.2) is 24.3 Å². The first-order valence-corrected chi connectivity index (χ1v) is 11.0. The highest BCUT2D eigenvalue weighted by molar-refractivity contribution is 5.79. The fourth-order valence-corrected chi connectivity index (χ4v) is 5.67. The van der Waals surface area contributed by atoms with Crippen LogP contribution in [0.3, 0.4) is 0 Å². The van der Waals surface area contributed by atoms with Crippen LogP contribution in [0.2, 0.25) is 0 Å². The molecule has 2 aliphatic heterocycles. The summed E-state index contributed by atoms with van der Waals surface area (Å²) in [4.78, 5) is 13.1. The molecule has 9 nitrogen and oxygen atoms in total. The molecule has 0 aromatic heterocycles. The lowest BCUT2D eigenvalue weighted by Crippen LogP contribution is -2.58. The number of methoxy groups -OCH3 is 3. The van der Waals surface area contributed by atoms with Crippen LogP contribution in [0.25, 0.3) is 0 Å². The van der Waals surface area contributed by atoms with Gasteiger partial charge in [-0.15, -0.1) is 0 Å². The average Bonchev–Trinajstić information content (AvgIpc) is 3.43. The summed E-state index contributed by atoms with van der Waals surface area (Å²) in [5.41, 5.74) is -1.57. The van der Waals surface area contributed by atoms with Crippen molar-refractivity contribution in [3.63, 3.8) is 0 Å². The third kappa shape index (κ3) is 2.96. The Hall–Kier alpha value is -3.17. The van der Waals surface area contributed by atoms with E-state index in [1.54, 1.807) is 24.3 Å². The van der Waals surface area contributed by atoms with Crippen molar-refractivity contribution in [1.82, 2.24) is 0 Å². The fraction of sp³-hybridized carbons (Fsp3) is 0.480. The van der Waals surface area contributed by atoms with Crippen molar-refractivity contribution in [3.05, 3.63) is 41.0 Å². The quantitative estimate of drug-likeness (QED) is 0.633. The van der Waals surface area contributed by atoms with Gasteiger partial charge in [0.05, 0.1) is 39.5 Å². The number of hydrogen-bond acceptors (Lipinski definition) is 9. The molecular weight excluding hydrogens is 444 g/mol. The van der Waals surface area contributed by atoms with E-state index >= 15 is 0 Å². The van der Waals surface area contributed by atoms with E-state index in [9.17, 15) is 15.0 Å². The van der Waals surface area contributed by atoms with Crippen LogP contribution in [0.5, 0.6) is 28.7 Å². The van der Waals surface area contributed by atoms with Gasteiger partial charge < -0.3 is 38.6 Å². The van der Waals surface area contributed by atoms with E-state index in [0.29, 0.717) is 45.4 Å². The van der Waals surface area contributed by atoms with Crippen LogP contribution in [0.1, 0.15) is 36.5 Å². The summed E-state index contributed by atoms with van der Waals surface area (Å²) < 4.78 is 33.2. The highest BCUT2D eigenvalue weighted by Gasteiger charge is 2.63. The topological polar surface area (TPSA) is 113 Å². The Kier molecular flexibility index (Phi) is 5.11. The number of cyclic esters (lactones) is 1. The number of hydrogen-bond donors (Lipinski definition) is 2. The highest BCUT2D eigenvalue weighted by Crippen LogP contribution is 2.60. The van der Waals surface area contributed by atoms with Gasteiger partial charge in [-0.2, -0.15) is 0 Å². The maximum Gasteiger partial charge on any atom is 0.310 e. The van der Waals surface area contributed by atoms with E-state index < -0.39 is 34.9 Å². The number of aliphatic hydroxyl groups is 2. The number of ether oxygens (including phenoxy) is 6. The van der Waals surface area contributed by atoms with Crippen LogP contribution >= 0.6 is 0 Å². The number of rotatable bonds is 5. The maximum absolute atomic E-state index is 13.1. The van der Waals surface area contributed by atoms with Crippen LogP contribution in [-0.4, -0.2) is 56.5 Å². The Morgan fingerprint density at radius 3 is 2.15 bits per heavy atom. The first-order valence-electron chi connectivity index (χ1n) is 11.0. The third-order valence-electron chi connectivity index (χ3n) is 7.28. The molecule has 0 radical (unpaired) electrons. The van der Waals surface area contributed by atoms with Gasteiger partial charge in [0.1, 0.15) is 5.60 Å². The first-order chi connectivity index (χ1) is 16.1. The van der Waals surface area contributed by atoms with Crippen LogP contribution in [0, 0.1) is 11.8 Å². The Balaban J connectivity index is 1.82. The monoisotopic (exact) mass is 472 g/mol. The summed E-state index contributed by atoms with van der Waals surface area (Å²) >= 11 is 0. The smallest absolute Gasteiger partial charge is 0.310 e. The summed E-state index contributed by atoms with van der Waals surface area (Å²) in [5.74, 6) is -0.211. The van der Waals surface area contributed by atoms with Gasteiger partial charge >= 0.3 is 5.97 Å². The standard InChI is InChI=1S/C25H28O9/c1-24(2,27)25(28)14-9-17-16(33-11-34-17)8-13(14)20(21-15(25)10-32-23(21)26)12-6-18(29-3)22(31-5)19(7-12)30-4/h6-9,15,20-21,27-28H,10-11H2,1-5H3/t15-,20+,21-,25-/m0/s1. The molecular formula is C25H28O9. The SMILES string of the molecule is COc1cc([C@@H]2c3cc4c(cc3[C@@](O)(C(C)(C)O)[C@H]3COC(=O)[C@H]23)OCO4)cc(OC)c1OC. The minimum atomic E-state index is -1.78. The molecule has 2 aromatic rings. The Morgan fingerprint density at radius 1 is 0.971 bits per heavy atom. The molecule has 2 aromatic carbocycles. The summed E-state index contributed by atoms with van der Waals surface area (Å²) in [5, 5.41) is 23.3. The van der Waals surface area contributed by atoms with Crippen LogP contribution < -0.4 is 23.7 Å².